The maximum atomic E-state index is 13.9. The second-order valence-electron chi connectivity index (χ2n) is 4.61. The second-order valence-corrected chi connectivity index (χ2v) is 4.61. The van der Waals surface area contributed by atoms with E-state index >= 15 is 0 Å². The lowest BCUT2D eigenvalue weighted by Crippen LogP contribution is -2.32. The van der Waals surface area contributed by atoms with Gasteiger partial charge in [0.25, 0.3) is 0 Å². The van der Waals surface area contributed by atoms with Crippen molar-refractivity contribution in [3.8, 4) is 0 Å². The summed E-state index contributed by atoms with van der Waals surface area (Å²) in [4.78, 5) is 9.52. The standard InChI is InChI=1S/C14H17FN4/c1-10(2)19(9-11-6-4-3-5-7-11)13-12(15)8-17-14(16)18-13/h3-8,10H,9H2,1-2H3,(H2,16,17,18). The summed E-state index contributed by atoms with van der Waals surface area (Å²) in [5, 5.41) is 0. The highest BCUT2D eigenvalue weighted by molar-refractivity contribution is 5.44. The summed E-state index contributed by atoms with van der Waals surface area (Å²) >= 11 is 0. The van der Waals surface area contributed by atoms with Crippen LogP contribution >= 0.6 is 0 Å². The van der Waals surface area contributed by atoms with Gasteiger partial charge in [-0.15, -0.1) is 0 Å². The maximum Gasteiger partial charge on any atom is 0.222 e. The maximum absolute atomic E-state index is 13.9. The number of rotatable bonds is 4. The summed E-state index contributed by atoms with van der Waals surface area (Å²) in [5.74, 6) is -0.139. The zero-order valence-corrected chi connectivity index (χ0v) is 11.0. The summed E-state index contributed by atoms with van der Waals surface area (Å²) in [6.07, 6.45) is 1.11. The molecular formula is C14H17FN4. The van der Waals surface area contributed by atoms with E-state index in [0.29, 0.717) is 6.54 Å². The van der Waals surface area contributed by atoms with Crippen LogP contribution in [0.15, 0.2) is 36.5 Å². The molecule has 0 unspecified atom stereocenters. The number of aromatic nitrogens is 2. The van der Waals surface area contributed by atoms with E-state index in [9.17, 15) is 4.39 Å². The first-order valence-corrected chi connectivity index (χ1v) is 6.16. The molecule has 0 bridgehead atoms. The monoisotopic (exact) mass is 260 g/mol. The van der Waals surface area contributed by atoms with Gasteiger partial charge < -0.3 is 10.6 Å². The average molecular weight is 260 g/mol. The summed E-state index contributed by atoms with van der Waals surface area (Å²) < 4.78 is 13.9. The normalized spacial score (nSPS) is 10.7. The molecule has 1 aromatic carbocycles. The fraction of sp³-hybridized carbons (Fsp3) is 0.286. The van der Waals surface area contributed by atoms with Crippen molar-refractivity contribution in [3.63, 3.8) is 0 Å². The van der Waals surface area contributed by atoms with Gasteiger partial charge in [-0.2, -0.15) is 4.98 Å². The van der Waals surface area contributed by atoms with E-state index in [0.717, 1.165) is 11.8 Å². The first-order chi connectivity index (χ1) is 9.08. The highest BCUT2D eigenvalue weighted by atomic mass is 19.1. The Bertz CT molecular complexity index is 542. The Hall–Kier alpha value is -2.17. The molecule has 0 fully saturated rings. The van der Waals surface area contributed by atoms with Crippen LogP contribution in [0.1, 0.15) is 19.4 Å². The van der Waals surface area contributed by atoms with Crippen LogP contribution in [0, 0.1) is 5.82 Å². The molecule has 0 radical (unpaired) electrons. The number of halogens is 1. The van der Waals surface area contributed by atoms with Crippen LogP contribution in [0.5, 0.6) is 0 Å². The molecule has 0 atom stereocenters. The van der Waals surface area contributed by atoms with E-state index in [1.165, 1.54) is 0 Å². The van der Waals surface area contributed by atoms with E-state index < -0.39 is 5.82 Å². The van der Waals surface area contributed by atoms with E-state index in [1.54, 1.807) is 0 Å². The molecular weight excluding hydrogens is 243 g/mol. The van der Waals surface area contributed by atoms with Crippen molar-refractivity contribution in [1.82, 2.24) is 9.97 Å². The Balaban J connectivity index is 2.32. The van der Waals surface area contributed by atoms with Crippen molar-refractivity contribution in [1.29, 1.82) is 0 Å². The van der Waals surface area contributed by atoms with Gasteiger partial charge in [-0.05, 0) is 19.4 Å². The van der Waals surface area contributed by atoms with Crippen molar-refractivity contribution in [3.05, 3.63) is 47.9 Å². The summed E-state index contributed by atoms with van der Waals surface area (Å²) in [5.41, 5.74) is 6.63. The van der Waals surface area contributed by atoms with E-state index in [4.69, 9.17) is 5.73 Å². The van der Waals surface area contributed by atoms with Crippen molar-refractivity contribution < 1.29 is 4.39 Å². The lowest BCUT2D eigenvalue weighted by atomic mass is 10.2. The summed E-state index contributed by atoms with van der Waals surface area (Å²) in [6.45, 7) is 4.55. The fourth-order valence-corrected chi connectivity index (χ4v) is 1.85. The molecule has 0 spiro atoms. The third-order valence-electron chi connectivity index (χ3n) is 2.84. The van der Waals surface area contributed by atoms with Crippen molar-refractivity contribution in [2.45, 2.75) is 26.4 Å². The molecule has 0 aliphatic rings. The molecule has 1 heterocycles. The average Bonchev–Trinajstić information content (AvgIpc) is 2.40. The zero-order valence-electron chi connectivity index (χ0n) is 11.0. The number of hydrogen-bond acceptors (Lipinski definition) is 4. The third-order valence-corrected chi connectivity index (χ3v) is 2.84. The topological polar surface area (TPSA) is 55.0 Å². The van der Waals surface area contributed by atoms with Crippen LogP contribution in [-0.4, -0.2) is 16.0 Å². The highest BCUT2D eigenvalue weighted by Gasteiger charge is 2.17. The first-order valence-electron chi connectivity index (χ1n) is 6.16. The van der Waals surface area contributed by atoms with Gasteiger partial charge in [0.15, 0.2) is 11.6 Å². The number of nitrogens with zero attached hydrogens (tertiary/aromatic N) is 3. The lowest BCUT2D eigenvalue weighted by molar-refractivity contribution is 0.583. The van der Waals surface area contributed by atoms with Gasteiger partial charge in [0.1, 0.15) is 0 Å². The quantitative estimate of drug-likeness (QED) is 0.918. The van der Waals surface area contributed by atoms with Gasteiger partial charge in [-0.25, -0.2) is 9.37 Å². The largest absolute Gasteiger partial charge is 0.368 e. The van der Waals surface area contributed by atoms with Crippen LogP contribution < -0.4 is 10.6 Å². The van der Waals surface area contributed by atoms with Crippen molar-refractivity contribution in [2.24, 2.45) is 0 Å². The predicted molar refractivity (Wildman–Crippen MR) is 74.2 cm³/mol. The number of nitrogens with two attached hydrogens (primary N) is 1. The molecule has 5 heteroatoms. The second kappa shape index (κ2) is 5.65. The molecule has 4 nitrogen and oxygen atoms in total. The van der Waals surface area contributed by atoms with Gasteiger partial charge in [0.2, 0.25) is 5.95 Å². The summed E-state index contributed by atoms with van der Waals surface area (Å²) in [6, 6.07) is 9.96. The van der Waals surface area contributed by atoms with Crippen LogP contribution in [0.2, 0.25) is 0 Å². The molecule has 0 saturated heterocycles. The van der Waals surface area contributed by atoms with Crippen LogP contribution in [0.3, 0.4) is 0 Å². The Kier molecular flexibility index (Phi) is 3.94. The third kappa shape index (κ3) is 3.19. The van der Waals surface area contributed by atoms with Crippen molar-refractivity contribution >= 4 is 11.8 Å². The number of nitrogen functional groups attached to an aromatic ring is 1. The Labute approximate surface area is 112 Å². The Morgan fingerprint density at radius 3 is 2.58 bits per heavy atom. The van der Waals surface area contributed by atoms with Gasteiger partial charge in [0.05, 0.1) is 6.20 Å². The van der Waals surface area contributed by atoms with Gasteiger partial charge >= 0.3 is 0 Å². The molecule has 0 saturated carbocycles. The number of anilines is 2. The Morgan fingerprint density at radius 2 is 1.95 bits per heavy atom. The molecule has 0 aliphatic carbocycles. The number of hydrogen-bond donors (Lipinski definition) is 1. The molecule has 0 aliphatic heterocycles. The van der Waals surface area contributed by atoms with Crippen LogP contribution in [0.25, 0.3) is 0 Å². The SMILES string of the molecule is CC(C)N(Cc1ccccc1)c1nc(N)ncc1F. The minimum atomic E-state index is -0.459. The highest BCUT2D eigenvalue weighted by Crippen LogP contribution is 2.21. The van der Waals surface area contributed by atoms with Gasteiger partial charge in [-0.1, -0.05) is 30.3 Å². The van der Waals surface area contributed by atoms with Crippen molar-refractivity contribution in [2.75, 3.05) is 10.6 Å². The minimum absolute atomic E-state index is 0.0788. The predicted octanol–water partition coefficient (Wildman–Crippen LogP) is 2.61. The van der Waals surface area contributed by atoms with E-state index in [1.807, 2.05) is 49.1 Å². The minimum Gasteiger partial charge on any atom is -0.368 e. The smallest absolute Gasteiger partial charge is 0.222 e. The molecule has 1 aromatic heterocycles. The summed E-state index contributed by atoms with van der Waals surface area (Å²) in [7, 11) is 0. The van der Waals surface area contributed by atoms with Gasteiger partial charge in [0, 0.05) is 12.6 Å². The Morgan fingerprint density at radius 1 is 1.26 bits per heavy atom. The molecule has 0 amide bonds. The van der Waals surface area contributed by atoms with Gasteiger partial charge in [-0.3, -0.25) is 0 Å². The van der Waals surface area contributed by atoms with E-state index in [-0.39, 0.29) is 17.8 Å². The van der Waals surface area contributed by atoms with E-state index in [2.05, 4.69) is 9.97 Å². The van der Waals surface area contributed by atoms with Crippen LogP contribution in [-0.2, 0) is 6.54 Å². The molecule has 2 N–H and O–H groups in total. The molecule has 2 rings (SSSR count). The zero-order chi connectivity index (χ0) is 13.8. The molecule has 2 aromatic rings. The lowest BCUT2D eigenvalue weighted by Gasteiger charge is -2.28. The molecule has 100 valence electrons. The molecule has 19 heavy (non-hydrogen) atoms. The van der Waals surface area contributed by atoms with Crippen LogP contribution in [0.4, 0.5) is 16.2 Å². The fourth-order valence-electron chi connectivity index (χ4n) is 1.85. The first kappa shape index (κ1) is 13.3. The number of benzene rings is 1.